The van der Waals surface area contributed by atoms with Crippen molar-refractivity contribution in [2.24, 2.45) is 22.7 Å². The molecule has 10 heteroatoms. The van der Waals surface area contributed by atoms with Crippen LogP contribution in [0, 0.1) is 22.7 Å². The third kappa shape index (κ3) is 7.10. The van der Waals surface area contributed by atoms with E-state index in [1.807, 2.05) is 22.7 Å². The summed E-state index contributed by atoms with van der Waals surface area (Å²) in [7, 11) is 0. The molecule has 4 aromatic heterocycles. The van der Waals surface area contributed by atoms with Gasteiger partial charge in [0.05, 0.1) is 10.8 Å². The number of hydrogen-bond donors (Lipinski definition) is 2. The second kappa shape index (κ2) is 14.1. The maximum absolute atomic E-state index is 4.64. The first-order valence-electron chi connectivity index (χ1n) is 18.6. The minimum Gasteiger partial charge on any atom is -0.355 e. The lowest BCUT2D eigenvalue weighted by Crippen LogP contribution is -2.51. The zero-order valence-corrected chi connectivity index (χ0v) is 31.7. The molecule has 2 spiro atoms. The van der Waals surface area contributed by atoms with E-state index in [0.717, 1.165) is 97.3 Å². The molecule has 0 aromatic carbocycles. The lowest BCUT2D eigenvalue weighted by molar-refractivity contribution is 0.105. The molecule has 0 radical (unpaired) electrons. The van der Waals surface area contributed by atoms with E-state index in [2.05, 4.69) is 94.0 Å². The molecule has 4 fully saturated rings. The van der Waals surface area contributed by atoms with Gasteiger partial charge < -0.3 is 20.4 Å². The highest BCUT2D eigenvalue weighted by Crippen LogP contribution is 2.51. The molecule has 48 heavy (non-hydrogen) atoms. The third-order valence-corrected chi connectivity index (χ3v) is 13.6. The van der Waals surface area contributed by atoms with Crippen LogP contribution < -0.4 is 20.4 Å². The van der Waals surface area contributed by atoms with Crippen LogP contribution in [0.3, 0.4) is 0 Å². The molecular weight excluding hydrogens is 633 g/mol. The van der Waals surface area contributed by atoms with E-state index < -0.39 is 0 Å². The summed E-state index contributed by atoms with van der Waals surface area (Å²) in [5.41, 5.74) is 1.05. The standard InChI is InChI=1S/2C19H28N4S/c2*1-4-15-7-16-17(21-12-22-18(16)24-15)23-6-5-19(11-23)8-14(9-19)20-10-13(2)3/h2*7,12-14,20H,4-6,8-11H2,1-3H3. The fourth-order valence-corrected chi connectivity index (χ4v) is 10.5. The predicted molar refractivity (Wildman–Crippen MR) is 204 cm³/mol. The van der Waals surface area contributed by atoms with Gasteiger partial charge >= 0.3 is 0 Å². The maximum atomic E-state index is 4.64. The average Bonchev–Trinajstić information content (AvgIpc) is 3.85. The van der Waals surface area contributed by atoms with Crippen molar-refractivity contribution in [1.82, 2.24) is 30.6 Å². The Kier molecular flexibility index (Phi) is 9.99. The van der Waals surface area contributed by atoms with Crippen LogP contribution >= 0.6 is 22.7 Å². The van der Waals surface area contributed by atoms with E-state index in [4.69, 9.17) is 0 Å². The first-order valence-corrected chi connectivity index (χ1v) is 20.2. The van der Waals surface area contributed by atoms with Crippen LogP contribution in [0.4, 0.5) is 11.6 Å². The first kappa shape index (κ1) is 34.1. The number of aryl methyl sites for hydroxylation is 2. The Hall–Kier alpha value is -2.40. The quantitative estimate of drug-likeness (QED) is 0.175. The molecule has 0 amide bonds. The van der Waals surface area contributed by atoms with Crippen molar-refractivity contribution in [2.75, 3.05) is 49.1 Å². The van der Waals surface area contributed by atoms with E-state index in [-0.39, 0.29) is 0 Å². The van der Waals surface area contributed by atoms with E-state index in [1.165, 1.54) is 59.1 Å². The van der Waals surface area contributed by atoms with Gasteiger partial charge in [-0.05, 0) is 99.3 Å². The molecular formula is C38H56N8S2. The minimum atomic E-state index is 0.523. The third-order valence-electron chi connectivity index (χ3n) is 11.2. The van der Waals surface area contributed by atoms with Crippen molar-refractivity contribution in [1.29, 1.82) is 0 Å². The van der Waals surface area contributed by atoms with E-state index in [0.29, 0.717) is 10.8 Å². The number of nitrogens with zero attached hydrogens (tertiary/aromatic N) is 6. The first-order chi connectivity index (χ1) is 23.2. The van der Waals surface area contributed by atoms with Crippen molar-refractivity contribution >= 4 is 54.7 Å². The van der Waals surface area contributed by atoms with Crippen LogP contribution in [-0.4, -0.2) is 71.3 Å². The van der Waals surface area contributed by atoms with E-state index >= 15 is 0 Å². The molecule has 2 saturated carbocycles. The van der Waals surface area contributed by atoms with Crippen molar-refractivity contribution in [3.8, 4) is 0 Å². The van der Waals surface area contributed by atoms with Crippen LogP contribution in [-0.2, 0) is 12.8 Å². The number of hydrogen-bond acceptors (Lipinski definition) is 10. The summed E-state index contributed by atoms with van der Waals surface area (Å²) < 4.78 is 0. The Balaban J connectivity index is 0.000000152. The van der Waals surface area contributed by atoms with Gasteiger partial charge in [0.15, 0.2) is 0 Å². The van der Waals surface area contributed by atoms with Gasteiger partial charge in [0.25, 0.3) is 0 Å². The highest BCUT2D eigenvalue weighted by Gasteiger charge is 2.49. The van der Waals surface area contributed by atoms with Gasteiger partial charge in [-0.25, -0.2) is 19.9 Å². The van der Waals surface area contributed by atoms with Crippen LogP contribution in [0.2, 0.25) is 0 Å². The van der Waals surface area contributed by atoms with Crippen LogP contribution in [0.5, 0.6) is 0 Å². The lowest BCUT2D eigenvalue weighted by Gasteiger charge is -2.46. The molecule has 2 saturated heterocycles. The zero-order valence-electron chi connectivity index (χ0n) is 30.0. The van der Waals surface area contributed by atoms with Crippen molar-refractivity contribution < 1.29 is 0 Å². The molecule has 260 valence electrons. The highest BCUT2D eigenvalue weighted by atomic mass is 32.1. The predicted octanol–water partition coefficient (Wildman–Crippen LogP) is 7.72. The van der Waals surface area contributed by atoms with Gasteiger partial charge in [0.2, 0.25) is 0 Å². The molecule has 0 bridgehead atoms. The van der Waals surface area contributed by atoms with Crippen LogP contribution in [0.15, 0.2) is 24.8 Å². The fourth-order valence-electron chi connectivity index (χ4n) is 8.60. The topological polar surface area (TPSA) is 82.1 Å². The molecule has 4 aromatic rings. The Labute approximate surface area is 295 Å². The monoisotopic (exact) mass is 688 g/mol. The highest BCUT2D eigenvalue weighted by molar-refractivity contribution is 7.19. The number of nitrogens with one attached hydrogen (secondary N) is 2. The number of anilines is 2. The van der Waals surface area contributed by atoms with Crippen molar-refractivity contribution in [3.05, 3.63) is 34.5 Å². The molecule has 2 aliphatic heterocycles. The second-order valence-electron chi connectivity index (χ2n) is 16.1. The van der Waals surface area contributed by atoms with E-state index in [9.17, 15) is 0 Å². The number of aromatic nitrogens is 4. The number of thiophene rings is 2. The SMILES string of the molecule is CCc1cc2c(N3CCC4(CC(NCC(C)C)C4)C3)ncnc2s1.CCc1cc2c(N3CCC4(CC(NCC(C)C)C4)C3)ncnc2s1. The summed E-state index contributed by atoms with van der Waals surface area (Å²) in [5, 5.41) is 9.95. The van der Waals surface area contributed by atoms with Gasteiger partial charge in [-0.2, -0.15) is 0 Å². The summed E-state index contributed by atoms with van der Waals surface area (Å²) >= 11 is 3.62. The molecule has 2 aliphatic carbocycles. The number of rotatable bonds is 10. The minimum absolute atomic E-state index is 0.523. The summed E-state index contributed by atoms with van der Waals surface area (Å²) in [6.45, 7) is 20.4. The smallest absolute Gasteiger partial charge is 0.140 e. The molecule has 0 atom stereocenters. The Bertz CT molecular complexity index is 1560. The Morgan fingerprint density at radius 3 is 1.48 bits per heavy atom. The summed E-state index contributed by atoms with van der Waals surface area (Å²) in [5.74, 6) is 3.79. The van der Waals surface area contributed by atoms with Crippen molar-refractivity contribution in [3.63, 3.8) is 0 Å². The van der Waals surface area contributed by atoms with Gasteiger partial charge in [-0.3, -0.25) is 0 Å². The Morgan fingerprint density at radius 1 is 0.688 bits per heavy atom. The van der Waals surface area contributed by atoms with Gasteiger partial charge in [-0.1, -0.05) is 41.5 Å². The molecule has 0 unspecified atom stereocenters. The largest absolute Gasteiger partial charge is 0.355 e. The summed E-state index contributed by atoms with van der Waals surface area (Å²) in [6, 6.07) is 6.05. The molecule has 8 nitrogen and oxygen atoms in total. The zero-order chi connectivity index (χ0) is 33.5. The average molecular weight is 689 g/mol. The molecule has 8 rings (SSSR count). The molecule has 6 heterocycles. The molecule has 4 aliphatic rings. The van der Waals surface area contributed by atoms with Gasteiger partial charge in [0, 0.05) is 48.0 Å². The fraction of sp³-hybridized carbons (Fsp3) is 0.684. The summed E-state index contributed by atoms with van der Waals surface area (Å²) in [4.78, 5) is 28.4. The van der Waals surface area contributed by atoms with Crippen molar-refractivity contribution in [2.45, 2.75) is 105 Å². The van der Waals surface area contributed by atoms with Gasteiger partial charge in [-0.15, -0.1) is 22.7 Å². The normalized spacial score (nSPS) is 26.7. The molecule has 2 N–H and O–H groups in total. The van der Waals surface area contributed by atoms with Crippen LogP contribution in [0.1, 0.15) is 89.8 Å². The lowest BCUT2D eigenvalue weighted by atomic mass is 9.65. The Morgan fingerprint density at radius 2 is 1.10 bits per heavy atom. The second-order valence-corrected chi connectivity index (χ2v) is 18.4. The van der Waals surface area contributed by atoms with E-state index in [1.54, 1.807) is 12.7 Å². The summed E-state index contributed by atoms with van der Waals surface area (Å²) in [6.07, 6.45) is 13.6. The maximum Gasteiger partial charge on any atom is 0.140 e. The number of fused-ring (bicyclic) bond motifs is 2. The van der Waals surface area contributed by atoms with Crippen LogP contribution in [0.25, 0.3) is 20.4 Å². The van der Waals surface area contributed by atoms with Gasteiger partial charge in [0.1, 0.15) is 34.0 Å².